The van der Waals surface area contributed by atoms with E-state index in [1.54, 1.807) is 6.07 Å². The van der Waals surface area contributed by atoms with Crippen molar-refractivity contribution in [1.82, 2.24) is 0 Å². The largest absolute Gasteiger partial charge is 0.365 e. The highest BCUT2D eigenvalue weighted by Crippen LogP contribution is 2.27. The number of carbonyl (C=O) groups excluding carboxylic acids is 1. The molecule has 1 heterocycles. The lowest BCUT2D eigenvalue weighted by Crippen LogP contribution is -2.41. The standard InChI is InChI=1S/C13H13N3O4/c1-9(17)12-3-2-10(6-13(12)16(18)19)15-4-5-20-11(7-14)8-15/h2-3,6,11H,4-5,8H2,1H3. The zero-order valence-electron chi connectivity index (χ0n) is 10.9. The predicted octanol–water partition coefficient (Wildman–Crippen LogP) is 1.53. The van der Waals surface area contributed by atoms with Crippen LogP contribution in [0.5, 0.6) is 0 Å². The molecule has 104 valence electrons. The summed E-state index contributed by atoms with van der Waals surface area (Å²) < 4.78 is 5.23. The van der Waals surface area contributed by atoms with Crippen LogP contribution in [-0.2, 0) is 4.74 Å². The molecule has 1 aromatic carbocycles. The van der Waals surface area contributed by atoms with Crippen LogP contribution < -0.4 is 4.90 Å². The van der Waals surface area contributed by atoms with Crippen LogP contribution in [0.1, 0.15) is 17.3 Å². The van der Waals surface area contributed by atoms with Crippen LogP contribution in [0.25, 0.3) is 0 Å². The highest BCUT2D eigenvalue weighted by molar-refractivity contribution is 5.98. The number of anilines is 1. The molecule has 1 unspecified atom stereocenters. The first-order valence-corrected chi connectivity index (χ1v) is 6.08. The number of Topliss-reactive ketones (excluding diaryl/α,β-unsaturated/α-hetero) is 1. The number of nitriles is 1. The van der Waals surface area contributed by atoms with Gasteiger partial charge in [-0.3, -0.25) is 14.9 Å². The van der Waals surface area contributed by atoms with Crippen LogP contribution in [0.2, 0.25) is 0 Å². The fraction of sp³-hybridized carbons (Fsp3) is 0.385. The maximum atomic E-state index is 11.4. The van der Waals surface area contributed by atoms with Gasteiger partial charge < -0.3 is 9.64 Å². The minimum atomic E-state index is -0.567. The molecule has 1 aliphatic rings. The monoisotopic (exact) mass is 275 g/mol. The molecule has 1 saturated heterocycles. The summed E-state index contributed by atoms with van der Waals surface area (Å²) in [6, 6.07) is 6.50. The molecule has 0 bridgehead atoms. The van der Waals surface area contributed by atoms with Crippen molar-refractivity contribution >= 4 is 17.2 Å². The van der Waals surface area contributed by atoms with E-state index in [-0.39, 0.29) is 17.0 Å². The maximum absolute atomic E-state index is 11.4. The summed E-state index contributed by atoms with van der Waals surface area (Å²) in [5.74, 6) is -0.347. The Kier molecular flexibility index (Phi) is 3.96. The Balaban J connectivity index is 2.34. The van der Waals surface area contributed by atoms with Gasteiger partial charge in [-0.1, -0.05) is 0 Å². The number of benzene rings is 1. The molecule has 0 saturated carbocycles. The third kappa shape index (κ3) is 2.75. The minimum absolute atomic E-state index is 0.0869. The first kappa shape index (κ1) is 14.0. The van der Waals surface area contributed by atoms with Crippen LogP contribution >= 0.6 is 0 Å². The van der Waals surface area contributed by atoms with Gasteiger partial charge in [-0.2, -0.15) is 5.26 Å². The topological polar surface area (TPSA) is 96.5 Å². The second-order valence-electron chi connectivity index (χ2n) is 4.45. The number of hydrogen-bond acceptors (Lipinski definition) is 6. The van der Waals surface area contributed by atoms with E-state index in [4.69, 9.17) is 10.00 Å². The Morgan fingerprint density at radius 1 is 1.60 bits per heavy atom. The number of nitro groups is 1. The molecule has 0 amide bonds. The molecule has 2 rings (SSSR count). The molecule has 0 spiro atoms. The van der Waals surface area contributed by atoms with Crippen molar-refractivity contribution in [3.63, 3.8) is 0 Å². The van der Waals surface area contributed by atoms with Gasteiger partial charge in [0.05, 0.1) is 29.7 Å². The minimum Gasteiger partial charge on any atom is -0.365 e. The van der Waals surface area contributed by atoms with Crippen LogP contribution in [0.3, 0.4) is 0 Å². The Labute approximate surface area is 115 Å². The average molecular weight is 275 g/mol. The van der Waals surface area contributed by atoms with Gasteiger partial charge >= 0.3 is 0 Å². The smallest absolute Gasteiger partial charge is 0.282 e. The van der Waals surface area contributed by atoms with Crippen molar-refractivity contribution in [2.24, 2.45) is 0 Å². The number of ether oxygens (including phenoxy) is 1. The van der Waals surface area contributed by atoms with Gasteiger partial charge in [-0.15, -0.1) is 0 Å². The van der Waals surface area contributed by atoms with Crippen molar-refractivity contribution < 1.29 is 14.5 Å². The van der Waals surface area contributed by atoms with Crippen LogP contribution in [0.15, 0.2) is 18.2 Å². The highest BCUT2D eigenvalue weighted by Gasteiger charge is 2.24. The van der Waals surface area contributed by atoms with E-state index >= 15 is 0 Å². The molecule has 0 radical (unpaired) electrons. The highest BCUT2D eigenvalue weighted by atomic mass is 16.6. The summed E-state index contributed by atoms with van der Waals surface area (Å²) in [5, 5.41) is 19.9. The van der Waals surface area contributed by atoms with E-state index in [1.165, 1.54) is 19.1 Å². The first-order chi connectivity index (χ1) is 9.52. The summed E-state index contributed by atoms with van der Waals surface area (Å²) in [4.78, 5) is 23.7. The number of hydrogen-bond donors (Lipinski definition) is 0. The van der Waals surface area contributed by atoms with Crippen LogP contribution in [0.4, 0.5) is 11.4 Å². The summed E-state index contributed by atoms with van der Waals surface area (Å²) in [5.41, 5.74) is 0.490. The van der Waals surface area contributed by atoms with Gasteiger partial charge in [-0.05, 0) is 19.1 Å². The normalized spacial score (nSPS) is 18.4. The number of nitrogens with zero attached hydrogens (tertiary/aromatic N) is 3. The molecule has 1 aliphatic heterocycles. The van der Waals surface area contributed by atoms with Gasteiger partial charge in [0.1, 0.15) is 0 Å². The van der Waals surface area contributed by atoms with E-state index in [0.717, 1.165) is 0 Å². The molecule has 1 atom stereocenters. The van der Waals surface area contributed by atoms with Gasteiger partial charge in [0.15, 0.2) is 11.9 Å². The average Bonchev–Trinajstić information content (AvgIpc) is 2.46. The Hall–Kier alpha value is -2.46. The summed E-state index contributed by atoms with van der Waals surface area (Å²) >= 11 is 0. The molecule has 7 heteroatoms. The van der Waals surface area contributed by atoms with Gasteiger partial charge in [0.25, 0.3) is 5.69 Å². The molecule has 0 aliphatic carbocycles. The molecular weight excluding hydrogens is 262 g/mol. The lowest BCUT2D eigenvalue weighted by molar-refractivity contribution is -0.385. The second-order valence-corrected chi connectivity index (χ2v) is 4.45. The molecule has 20 heavy (non-hydrogen) atoms. The van der Waals surface area contributed by atoms with E-state index in [2.05, 4.69) is 0 Å². The van der Waals surface area contributed by atoms with E-state index in [0.29, 0.717) is 25.4 Å². The lowest BCUT2D eigenvalue weighted by Gasteiger charge is -2.31. The fourth-order valence-corrected chi connectivity index (χ4v) is 2.13. The van der Waals surface area contributed by atoms with Crippen LogP contribution in [-0.4, -0.2) is 36.5 Å². The Bertz CT molecular complexity index is 594. The zero-order chi connectivity index (χ0) is 14.7. The molecule has 7 nitrogen and oxygen atoms in total. The molecule has 0 aromatic heterocycles. The van der Waals surface area contributed by atoms with Crippen molar-refractivity contribution in [3.8, 4) is 6.07 Å². The SMILES string of the molecule is CC(=O)c1ccc(N2CCOC(C#N)C2)cc1[N+](=O)[O-]. The van der Waals surface area contributed by atoms with E-state index in [1.807, 2.05) is 11.0 Å². The number of morpholine rings is 1. The molecule has 0 N–H and O–H groups in total. The third-order valence-electron chi connectivity index (χ3n) is 3.13. The van der Waals surface area contributed by atoms with E-state index < -0.39 is 11.0 Å². The summed E-state index contributed by atoms with van der Waals surface area (Å²) in [7, 11) is 0. The van der Waals surface area contributed by atoms with E-state index in [9.17, 15) is 14.9 Å². The van der Waals surface area contributed by atoms with Crippen molar-refractivity contribution in [3.05, 3.63) is 33.9 Å². The first-order valence-electron chi connectivity index (χ1n) is 6.08. The van der Waals surface area contributed by atoms with Crippen LogP contribution in [0, 0.1) is 21.4 Å². The number of ketones is 1. The number of carbonyl (C=O) groups is 1. The lowest BCUT2D eigenvalue weighted by atomic mass is 10.1. The third-order valence-corrected chi connectivity index (χ3v) is 3.13. The fourth-order valence-electron chi connectivity index (χ4n) is 2.13. The Morgan fingerprint density at radius 2 is 2.35 bits per heavy atom. The van der Waals surface area contributed by atoms with Gasteiger partial charge in [-0.25, -0.2) is 0 Å². The predicted molar refractivity (Wildman–Crippen MR) is 70.7 cm³/mol. The van der Waals surface area contributed by atoms with Crippen molar-refractivity contribution in [2.45, 2.75) is 13.0 Å². The Morgan fingerprint density at radius 3 is 2.95 bits per heavy atom. The number of rotatable bonds is 3. The zero-order valence-corrected chi connectivity index (χ0v) is 10.9. The second kappa shape index (κ2) is 5.67. The quantitative estimate of drug-likeness (QED) is 0.471. The summed E-state index contributed by atoms with van der Waals surface area (Å²) in [6.07, 6.45) is -0.546. The summed E-state index contributed by atoms with van der Waals surface area (Å²) in [6.45, 7) is 2.59. The number of nitro benzene ring substituents is 1. The molecule has 1 fully saturated rings. The maximum Gasteiger partial charge on any atom is 0.282 e. The van der Waals surface area contributed by atoms with Gasteiger partial charge in [0.2, 0.25) is 0 Å². The van der Waals surface area contributed by atoms with Gasteiger partial charge in [0, 0.05) is 18.3 Å². The molecular formula is C13H13N3O4. The van der Waals surface area contributed by atoms with Crippen molar-refractivity contribution in [2.75, 3.05) is 24.6 Å². The molecule has 1 aromatic rings. The van der Waals surface area contributed by atoms with Crippen molar-refractivity contribution in [1.29, 1.82) is 5.26 Å².